The van der Waals surface area contributed by atoms with Gasteiger partial charge in [-0.25, -0.2) is 4.79 Å². The van der Waals surface area contributed by atoms with E-state index in [0.29, 0.717) is 5.69 Å². The summed E-state index contributed by atoms with van der Waals surface area (Å²) in [6.45, 7) is 1.96. The maximum absolute atomic E-state index is 11.8. The molecule has 1 aromatic carbocycles. The highest BCUT2D eigenvalue weighted by Gasteiger charge is 2.07. The summed E-state index contributed by atoms with van der Waals surface area (Å²) in [5.41, 5.74) is 1.47. The van der Waals surface area contributed by atoms with Gasteiger partial charge in [0.1, 0.15) is 0 Å². The van der Waals surface area contributed by atoms with Gasteiger partial charge in [-0.05, 0) is 48.2 Å². The van der Waals surface area contributed by atoms with Crippen molar-refractivity contribution < 1.29 is 14.7 Å². The Kier molecular flexibility index (Phi) is 4.77. The molecule has 108 valence electrons. The molecule has 0 aliphatic heterocycles. The molecule has 0 saturated heterocycles. The fourth-order valence-electron chi connectivity index (χ4n) is 1.68. The predicted molar refractivity (Wildman–Crippen MR) is 85.1 cm³/mol. The van der Waals surface area contributed by atoms with Gasteiger partial charge in [-0.1, -0.05) is 11.6 Å². The molecule has 0 radical (unpaired) electrons. The lowest BCUT2D eigenvalue weighted by atomic mass is 10.2. The third kappa shape index (κ3) is 4.18. The molecule has 4 nitrogen and oxygen atoms in total. The van der Waals surface area contributed by atoms with Crippen LogP contribution in [0.2, 0.25) is 5.02 Å². The number of benzene rings is 1. The number of thiophene rings is 1. The summed E-state index contributed by atoms with van der Waals surface area (Å²) >= 11 is 7.37. The van der Waals surface area contributed by atoms with Gasteiger partial charge in [-0.3, -0.25) is 4.79 Å². The van der Waals surface area contributed by atoms with Crippen molar-refractivity contribution >= 4 is 46.6 Å². The number of hydrogen-bond acceptors (Lipinski definition) is 3. The summed E-state index contributed by atoms with van der Waals surface area (Å²) in [5.74, 6) is -1.45. The van der Waals surface area contributed by atoms with Crippen LogP contribution in [0.3, 0.4) is 0 Å². The van der Waals surface area contributed by atoms with Gasteiger partial charge in [0, 0.05) is 21.7 Å². The lowest BCUT2D eigenvalue weighted by Gasteiger charge is -2.04. The zero-order valence-electron chi connectivity index (χ0n) is 11.1. The topological polar surface area (TPSA) is 66.4 Å². The maximum atomic E-state index is 11.8. The minimum absolute atomic E-state index is 0.0240. The van der Waals surface area contributed by atoms with Crippen molar-refractivity contribution in [1.29, 1.82) is 0 Å². The molecule has 6 heteroatoms. The Morgan fingerprint density at radius 1 is 1.33 bits per heavy atom. The van der Waals surface area contributed by atoms with E-state index in [9.17, 15) is 9.59 Å². The van der Waals surface area contributed by atoms with E-state index in [-0.39, 0.29) is 16.5 Å². The lowest BCUT2D eigenvalue weighted by Crippen LogP contribution is -2.08. The van der Waals surface area contributed by atoms with Crippen LogP contribution in [0.25, 0.3) is 6.08 Å². The first kappa shape index (κ1) is 15.3. The number of carboxylic acids is 1. The Balaban J connectivity index is 2.11. The largest absolute Gasteiger partial charge is 0.478 e. The Hall–Kier alpha value is -2.11. The van der Waals surface area contributed by atoms with Gasteiger partial charge in [0.15, 0.2) is 0 Å². The van der Waals surface area contributed by atoms with Gasteiger partial charge >= 0.3 is 5.97 Å². The number of nitrogens with one attached hydrogen (secondary N) is 1. The second-order valence-electron chi connectivity index (χ2n) is 4.32. The molecule has 21 heavy (non-hydrogen) atoms. The van der Waals surface area contributed by atoms with Crippen molar-refractivity contribution in [3.8, 4) is 0 Å². The van der Waals surface area contributed by atoms with Crippen molar-refractivity contribution in [2.24, 2.45) is 0 Å². The summed E-state index contributed by atoms with van der Waals surface area (Å²) in [5, 5.41) is 13.7. The van der Waals surface area contributed by atoms with Gasteiger partial charge < -0.3 is 10.4 Å². The monoisotopic (exact) mass is 321 g/mol. The number of aromatic carboxylic acids is 1. The molecule has 1 heterocycles. The van der Waals surface area contributed by atoms with Crippen LogP contribution in [-0.2, 0) is 4.79 Å². The zero-order chi connectivity index (χ0) is 15.4. The Labute approximate surface area is 130 Å². The molecule has 0 atom stereocenters. The normalized spacial score (nSPS) is 10.8. The molecule has 0 unspecified atom stereocenters. The zero-order valence-corrected chi connectivity index (χ0v) is 12.7. The highest BCUT2D eigenvalue weighted by molar-refractivity contribution is 7.11. The van der Waals surface area contributed by atoms with Crippen molar-refractivity contribution in [1.82, 2.24) is 0 Å². The summed E-state index contributed by atoms with van der Waals surface area (Å²) in [6.07, 6.45) is 3.12. The second kappa shape index (κ2) is 6.56. The molecule has 2 rings (SSSR count). The van der Waals surface area contributed by atoms with Crippen LogP contribution in [0.1, 0.15) is 20.8 Å². The Morgan fingerprint density at radius 3 is 2.71 bits per heavy atom. The lowest BCUT2D eigenvalue weighted by molar-refractivity contribution is -0.111. The first-order valence-corrected chi connectivity index (χ1v) is 7.28. The molecule has 0 fully saturated rings. The number of carbonyl (C=O) groups excluding carboxylic acids is 1. The molecule has 0 saturated carbocycles. The second-order valence-corrected chi connectivity index (χ2v) is 5.71. The van der Waals surface area contributed by atoms with Gasteiger partial charge in [-0.2, -0.15) is 0 Å². The van der Waals surface area contributed by atoms with Gasteiger partial charge in [0.05, 0.1) is 5.56 Å². The smallest absolute Gasteiger partial charge is 0.335 e. The summed E-state index contributed by atoms with van der Waals surface area (Å²) in [6, 6.07) is 6.15. The highest BCUT2D eigenvalue weighted by Crippen LogP contribution is 2.20. The molecule has 2 aromatic rings. The number of rotatable bonds is 4. The third-order valence-electron chi connectivity index (χ3n) is 2.70. The Bertz CT molecular complexity index is 721. The maximum Gasteiger partial charge on any atom is 0.335 e. The van der Waals surface area contributed by atoms with Gasteiger partial charge in [0.25, 0.3) is 0 Å². The summed E-state index contributed by atoms with van der Waals surface area (Å²) in [4.78, 5) is 23.8. The number of carboxylic acid groups (broad SMARTS) is 1. The molecule has 2 N–H and O–H groups in total. The summed E-state index contributed by atoms with van der Waals surface area (Å²) < 4.78 is 0. The van der Waals surface area contributed by atoms with E-state index in [1.54, 1.807) is 17.4 Å². The van der Waals surface area contributed by atoms with Crippen LogP contribution in [-0.4, -0.2) is 17.0 Å². The number of halogens is 1. The molecule has 0 aliphatic carbocycles. The SMILES string of the molecule is Cc1ccsc1/C=C/C(=O)Nc1cc(Cl)cc(C(=O)O)c1. The van der Waals surface area contributed by atoms with E-state index in [1.165, 1.54) is 24.3 Å². The number of amides is 1. The number of aryl methyl sites for hydroxylation is 1. The van der Waals surface area contributed by atoms with E-state index in [0.717, 1.165) is 10.4 Å². The molecular formula is C15H12ClNO3S. The quantitative estimate of drug-likeness (QED) is 0.834. The van der Waals surface area contributed by atoms with E-state index >= 15 is 0 Å². The van der Waals surface area contributed by atoms with Crippen LogP contribution < -0.4 is 5.32 Å². The first-order valence-electron chi connectivity index (χ1n) is 6.03. The van der Waals surface area contributed by atoms with Crippen molar-refractivity contribution in [3.05, 3.63) is 56.7 Å². The fraction of sp³-hybridized carbons (Fsp3) is 0.0667. The highest BCUT2D eigenvalue weighted by atomic mass is 35.5. The van der Waals surface area contributed by atoms with E-state index < -0.39 is 5.97 Å². The van der Waals surface area contributed by atoms with Crippen LogP contribution in [0.5, 0.6) is 0 Å². The van der Waals surface area contributed by atoms with Gasteiger partial charge in [-0.15, -0.1) is 11.3 Å². The number of anilines is 1. The minimum atomic E-state index is -1.10. The van der Waals surface area contributed by atoms with Crippen LogP contribution in [0.15, 0.2) is 35.7 Å². The van der Waals surface area contributed by atoms with Crippen LogP contribution in [0.4, 0.5) is 5.69 Å². The predicted octanol–water partition coefficient (Wildman–Crippen LogP) is 4.06. The number of hydrogen-bond donors (Lipinski definition) is 2. The van der Waals surface area contributed by atoms with E-state index in [4.69, 9.17) is 16.7 Å². The average Bonchev–Trinajstić information content (AvgIpc) is 2.81. The van der Waals surface area contributed by atoms with E-state index in [2.05, 4.69) is 5.32 Å². The van der Waals surface area contributed by atoms with E-state index in [1.807, 2.05) is 18.4 Å². The van der Waals surface area contributed by atoms with Crippen molar-refractivity contribution in [3.63, 3.8) is 0 Å². The van der Waals surface area contributed by atoms with Crippen molar-refractivity contribution in [2.75, 3.05) is 5.32 Å². The van der Waals surface area contributed by atoms with Gasteiger partial charge in [0.2, 0.25) is 5.91 Å². The van der Waals surface area contributed by atoms with Crippen LogP contribution >= 0.6 is 22.9 Å². The molecular weight excluding hydrogens is 310 g/mol. The van der Waals surface area contributed by atoms with Crippen LogP contribution in [0, 0.1) is 6.92 Å². The third-order valence-corrected chi connectivity index (χ3v) is 3.90. The molecule has 0 aliphatic rings. The fourth-order valence-corrected chi connectivity index (χ4v) is 2.73. The Morgan fingerprint density at radius 2 is 2.10 bits per heavy atom. The minimum Gasteiger partial charge on any atom is -0.478 e. The van der Waals surface area contributed by atoms with Crippen molar-refractivity contribution in [2.45, 2.75) is 6.92 Å². The standard InChI is InChI=1S/C15H12ClNO3S/c1-9-4-5-21-13(9)2-3-14(18)17-12-7-10(15(19)20)6-11(16)8-12/h2-8H,1H3,(H,17,18)(H,19,20)/b3-2+. The molecule has 1 aromatic heterocycles. The first-order chi connectivity index (χ1) is 9.95. The molecule has 0 spiro atoms. The average molecular weight is 322 g/mol. The molecule has 1 amide bonds. The molecule has 0 bridgehead atoms. The summed E-state index contributed by atoms with van der Waals surface area (Å²) in [7, 11) is 0. The number of carbonyl (C=O) groups is 2.